The first-order valence-corrected chi connectivity index (χ1v) is 9.19. The van der Waals surface area contributed by atoms with Crippen LogP contribution in [0.5, 0.6) is 5.75 Å². The van der Waals surface area contributed by atoms with Crippen molar-refractivity contribution in [2.24, 2.45) is 23.7 Å². The molecule has 0 radical (unpaired) electrons. The molecule has 1 fully saturated rings. The number of carbonyl (C=O) groups is 2. The second-order valence-corrected chi connectivity index (χ2v) is 7.52. The highest BCUT2D eigenvalue weighted by atomic mass is 16.5. The van der Waals surface area contributed by atoms with Crippen molar-refractivity contribution in [3.8, 4) is 5.75 Å². The average molecular weight is 369 g/mol. The third kappa shape index (κ3) is 2.80. The number of furan rings is 1. The fourth-order valence-corrected chi connectivity index (χ4v) is 4.65. The topological polar surface area (TPSA) is 88.8 Å². The van der Waals surface area contributed by atoms with E-state index < -0.39 is 17.8 Å². The molecule has 0 spiro atoms. The minimum atomic E-state index is -0.897. The van der Waals surface area contributed by atoms with Gasteiger partial charge in [-0.05, 0) is 50.3 Å². The van der Waals surface area contributed by atoms with Crippen molar-refractivity contribution in [3.05, 3.63) is 41.7 Å². The molecule has 6 nitrogen and oxygen atoms in total. The Morgan fingerprint density at radius 3 is 2.63 bits per heavy atom. The summed E-state index contributed by atoms with van der Waals surface area (Å²) in [6.07, 6.45) is 4.66. The van der Waals surface area contributed by atoms with E-state index in [1.807, 2.05) is 44.2 Å². The van der Waals surface area contributed by atoms with E-state index in [2.05, 4.69) is 5.32 Å². The molecule has 0 saturated heterocycles. The van der Waals surface area contributed by atoms with Gasteiger partial charge in [0.25, 0.3) is 0 Å². The molecule has 27 heavy (non-hydrogen) atoms. The van der Waals surface area contributed by atoms with Crippen LogP contribution in [-0.2, 0) is 9.59 Å². The van der Waals surface area contributed by atoms with Gasteiger partial charge in [-0.2, -0.15) is 0 Å². The lowest BCUT2D eigenvalue weighted by molar-refractivity contribution is -0.148. The largest absolute Gasteiger partial charge is 0.497 e. The van der Waals surface area contributed by atoms with Gasteiger partial charge in [-0.25, -0.2) is 0 Å². The molecule has 0 aliphatic heterocycles. The van der Waals surface area contributed by atoms with Crippen molar-refractivity contribution in [2.75, 3.05) is 7.11 Å². The lowest BCUT2D eigenvalue weighted by Crippen LogP contribution is -2.41. The fourth-order valence-electron chi connectivity index (χ4n) is 4.65. The number of aryl methyl sites for hydroxylation is 1. The molecule has 4 rings (SSSR count). The fraction of sp³-hybridized carbons (Fsp3) is 0.429. The Morgan fingerprint density at radius 2 is 1.96 bits per heavy atom. The van der Waals surface area contributed by atoms with Crippen molar-refractivity contribution >= 4 is 22.8 Å². The molecule has 142 valence electrons. The van der Waals surface area contributed by atoms with Gasteiger partial charge in [-0.15, -0.1) is 0 Å². The Labute approximate surface area is 157 Å². The molecule has 1 amide bonds. The summed E-state index contributed by atoms with van der Waals surface area (Å²) in [7, 11) is 1.61. The maximum absolute atomic E-state index is 12.9. The van der Waals surface area contributed by atoms with Crippen molar-refractivity contribution in [1.29, 1.82) is 0 Å². The van der Waals surface area contributed by atoms with Crippen LogP contribution in [0.3, 0.4) is 0 Å². The van der Waals surface area contributed by atoms with E-state index in [0.717, 1.165) is 28.7 Å². The Morgan fingerprint density at radius 1 is 1.26 bits per heavy atom. The first-order chi connectivity index (χ1) is 12.9. The van der Waals surface area contributed by atoms with Crippen LogP contribution < -0.4 is 10.1 Å². The number of carboxylic acids is 1. The van der Waals surface area contributed by atoms with Gasteiger partial charge in [-0.3, -0.25) is 9.59 Å². The standard InChI is InChI=1S/C21H23NO5/c1-10-15-9-14(26-3)6-7-16(15)27-19(10)11(2)22-20(23)17-12-4-5-13(8-12)18(17)21(24)25/h4-7,9,11-13,17-18H,8H2,1-3H3,(H,22,23)(H,24,25). The number of nitrogens with one attached hydrogen (secondary N) is 1. The van der Waals surface area contributed by atoms with Crippen LogP contribution >= 0.6 is 0 Å². The number of hydrogen-bond acceptors (Lipinski definition) is 4. The van der Waals surface area contributed by atoms with Gasteiger partial charge in [0.1, 0.15) is 17.1 Å². The number of allylic oxidation sites excluding steroid dienone is 2. The third-order valence-corrected chi connectivity index (χ3v) is 5.98. The van der Waals surface area contributed by atoms with Crippen LogP contribution in [0.4, 0.5) is 0 Å². The maximum atomic E-state index is 12.9. The van der Waals surface area contributed by atoms with E-state index in [0.29, 0.717) is 5.76 Å². The monoisotopic (exact) mass is 369 g/mol. The van der Waals surface area contributed by atoms with Crippen LogP contribution in [0.25, 0.3) is 11.0 Å². The predicted molar refractivity (Wildman–Crippen MR) is 99.4 cm³/mol. The van der Waals surface area contributed by atoms with Gasteiger partial charge >= 0.3 is 5.97 Å². The highest BCUT2D eigenvalue weighted by Gasteiger charge is 2.51. The van der Waals surface area contributed by atoms with E-state index in [9.17, 15) is 14.7 Å². The summed E-state index contributed by atoms with van der Waals surface area (Å²) in [6.45, 7) is 3.81. The number of methoxy groups -OCH3 is 1. The summed E-state index contributed by atoms with van der Waals surface area (Å²) in [5, 5.41) is 13.5. The van der Waals surface area contributed by atoms with Gasteiger partial charge in [0.2, 0.25) is 5.91 Å². The zero-order valence-corrected chi connectivity index (χ0v) is 15.6. The molecule has 5 unspecified atom stereocenters. The van der Waals surface area contributed by atoms with Gasteiger partial charge in [-0.1, -0.05) is 12.2 Å². The van der Waals surface area contributed by atoms with Crippen molar-refractivity contribution in [1.82, 2.24) is 5.32 Å². The minimum absolute atomic E-state index is 0.00401. The van der Waals surface area contributed by atoms with E-state index in [1.54, 1.807) is 7.11 Å². The zero-order valence-electron chi connectivity index (χ0n) is 15.6. The molecule has 2 bridgehead atoms. The summed E-state index contributed by atoms with van der Waals surface area (Å²) >= 11 is 0. The van der Waals surface area contributed by atoms with E-state index in [-0.39, 0.29) is 23.8 Å². The van der Waals surface area contributed by atoms with E-state index >= 15 is 0 Å². The molecule has 2 aromatic rings. The van der Waals surface area contributed by atoms with Crippen molar-refractivity contribution in [2.45, 2.75) is 26.3 Å². The molecule has 2 aliphatic carbocycles. The summed E-state index contributed by atoms with van der Waals surface area (Å²) < 4.78 is 11.2. The molecule has 1 saturated carbocycles. The number of amides is 1. The molecular formula is C21H23NO5. The number of carboxylic acid groups (broad SMARTS) is 1. The number of fused-ring (bicyclic) bond motifs is 3. The molecule has 5 atom stereocenters. The summed E-state index contributed by atoms with van der Waals surface area (Å²) in [5.74, 6) is -0.901. The van der Waals surface area contributed by atoms with Crippen LogP contribution in [-0.4, -0.2) is 24.1 Å². The van der Waals surface area contributed by atoms with Crippen LogP contribution in [0.15, 0.2) is 34.8 Å². The molecule has 2 N–H and O–H groups in total. The van der Waals surface area contributed by atoms with E-state index in [4.69, 9.17) is 9.15 Å². The quantitative estimate of drug-likeness (QED) is 0.788. The molecule has 2 aliphatic rings. The van der Waals surface area contributed by atoms with Crippen molar-refractivity contribution < 1.29 is 23.8 Å². The first kappa shape index (κ1) is 17.6. The Kier molecular flexibility index (Phi) is 4.21. The molecular weight excluding hydrogens is 346 g/mol. The number of aliphatic carboxylic acids is 1. The second-order valence-electron chi connectivity index (χ2n) is 7.52. The van der Waals surface area contributed by atoms with Crippen molar-refractivity contribution in [3.63, 3.8) is 0 Å². The minimum Gasteiger partial charge on any atom is -0.497 e. The smallest absolute Gasteiger partial charge is 0.307 e. The Balaban J connectivity index is 1.57. The highest BCUT2D eigenvalue weighted by Crippen LogP contribution is 2.48. The number of benzene rings is 1. The number of ether oxygens (including phenoxy) is 1. The molecule has 1 heterocycles. The Bertz CT molecular complexity index is 943. The third-order valence-electron chi connectivity index (χ3n) is 5.98. The SMILES string of the molecule is COc1ccc2oc(C(C)NC(=O)C3C4C=CC(C4)C3C(=O)O)c(C)c2c1. The zero-order chi connectivity index (χ0) is 19.3. The van der Waals surface area contributed by atoms with Crippen LogP contribution in [0, 0.1) is 30.6 Å². The molecule has 1 aromatic heterocycles. The van der Waals surface area contributed by atoms with E-state index in [1.165, 1.54) is 0 Å². The predicted octanol–water partition coefficient (Wildman–Crippen LogP) is 3.45. The highest BCUT2D eigenvalue weighted by molar-refractivity contribution is 5.88. The maximum Gasteiger partial charge on any atom is 0.307 e. The summed E-state index contributed by atoms with van der Waals surface area (Å²) in [5.41, 5.74) is 1.68. The second kappa shape index (κ2) is 6.44. The number of hydrogen-bond donors (Lipinski definition) is 2. The van der Waals surface area contributed by atoms with Gasteiger partial charge < -0.3 is 19.6 Å². The average Bonchev–Trinajstić information content (AvgIpc) is 3.34. The Hall–Kier alpha value is -2.76. The summed E-state index contributed by atoms with van der Waals surface area (Å²) in [4.78, 5) is 24.5. The van der Waals surface area contributed by atoms with Gasteiger partial charge in [0.15, 0.2) is 0 Å². The lowest BCUT2D eigenvalue weighted by Gasteiger charge is -2.25. The normalized spacial score (nSPS) is 27.1. The van der Waals surface area contributed by atoms with Gasteiger partial charge in [0, 0.05) is 10.9 Å². The summed E-state index contributed by atoms with van der Waals surface area (Å²) in [6, 6.07) is 5.24. The lowest BCUT2D eigenvalue weighted by atomic mass is 9.82. The molecule has 1 aromatic carbocycles. The molecule has 6 heteroatoms. The van der Waals surface area contributed by atoms with Gasteiger partial charge in [0.05, 0.1) is 25.0 Å². The van der Waals surface area contributed by atoms with Crippen LogP contribution in [0.1, 0.15) is 30.7 Å². The number of rotatable bonds is 5. The number of carbonyl (C=O) groups excluding carboxylic acids is 1. The van der Waals surface area contributed by atoms with Crippen LogP contribution in [0.2, 0.25) is 0 Å². The first-order valence-electron chi connectivity index (χ1n) is 9.19.